The molecule has 2 N–H and O–H groups in total. The van der Waals surface area contributed by atoms with Gasteiger partial charge >= 0.3 is 0 Å². The maximum absolute atomic E-state index is 12.7. The number of phenols is 1. The standard InChI is InChI=1S/C20H20N2O3/c1-2-19(24)21-12-14-6-8-15(9-7-14)20(25)22-11-10-17-16(13-22)4-3-5-18(17)23/h2-9,23H,1,10-13H2,(H,21,24). The second-order valence-corrected chi connectivity index (χ2v) is 6.01. The number of aromatic hydroxyl groups is 1. The highest BCUT2D eigenvalue weighted by molar-refractivity contribution is 5.94. The van der Waals surface area contributed by atoms with Crippen LogP contribution in [0.25, 0.3) is 0 Å². The number of amides is 2. The van der Waals surface area contributed by atoms with Crippen molar-refractivity contribution in [3.8, 4) is 5.75 Å². The van der Waals surface area contributed by atoms with E-state index in [0.29, 0.717) is 37.4 Å². The van der Waals surface area contributed by atoms with Gasteiger partial charge in [0.1, 0.15) is 5.75 Å². The van der Waals surface area contributed by atoms with Crippen LogP contribution in [0.3, 0.4) is 0 Å². The molecular formula is C20H20N2O3. The molecule has 0 radical (unpaired) electrons. The molecule has 25 heavy (non-hydrogen) atoms. The summed E-state index contributed by atoms with van der Waals surface area (Å²) in [6.07, 6.45) is 1.88. The monoisotopic (exact) mass is 336 g/mol. The van der Waals surface area contributed by atoms with E-state index < -0.39 is 0 Å². The van der Waals surface area contributed by atoms with Crippen molar-refractivity contribution in [2.24, 2.45) is 0 Å². The predicted molar refractivity (Wildman–Crippen MR) is 95.0 cm³/mol. The topological polar surface area (TPSA) is 69.6 Å². The lowest BCUT2D eigenvalue weighted by atomic mass is 9.98. The quantitative estimate of drug-likeness (QED) is 0.842. The number of hydrogen-bond donors (Lipinski definition) is 2. The summed E-state index contributed by atoms with van der Waals surface area (Å²) in [6.45, 7) is 4.89. The van der Waals surface area contributed by atoms with E-state index in [1.807, 2.05) is 18.2 Å². The molecule has 0 saturated carbocycles. The SMILES string of the molecule is C=CC(=O)NCc1ccc(C(=O)N2CCc3c(O)cccc3C2)cc1. The van der Waals surface area contributed by atoms with Crippen LogP contribution < -0.4 is 5.32 Å². The van der Waals surface area contributed by atoms with Crippen LogP contribution in [-0.2, 0) is 24.3 Å². The molecule has 0 fully saturated rings. The average molecular weight is 336 g/mol. The zero-order valence-corrected chi connectivity index (χ0v) is 13.9. The van der Waals surface area contributed by atoms with Gasteiger partial charge in [0.2, 0.25) is 5.91 Å². The third kappa shape index (κ3) is 3.71. The zero-order chi connectivity index (χ0) is 17.8. The van der Waals surface area contributed by atoms with Crippen molar-refractivity contribution in [2.45, 2.75) is 19.5 Å². The lowest BCUT2D eigenvalue weighted by molar-refractivity contribution is -0.116. The van der Waals surface area contributed by atoms with Gasteiger partial charge in [0.05, 0.1) is 0 Å². The highest BCUT2D eigenvalue weighted by Crippen LogP contribution is 2.27. The number of phenolic OH excluding ortho intramolecular Hbond substituents is 1. The summed E-state index contributed by atoms with van der Waals surface area (Å²) in [4.78, 5) is 25.7. The zero-order valence-electron chi connectivity index (χ0n) is 13.9. The number of nitrogens with zero attached hydrogens (tertiary/aromatic N) is 1. The fourth-order valence-corrected chi connectivity index (χ4v) is 2.97. The lowest BCUT2D eigenvalue weighted by Gasteiger charge is -2.29. The largest absolute Gasteiger partial charge is 0.508 e. The van der Waals surface area contributed by atoms with Crippen LogP contribution >= 0.6 is 0 Å². The van der Waals surface area contributed by atoms with E-state index in [9.17, 15) is 14.7 Å². The van der Waals surface area contributed by atoms with Gasteiger partial charge < -0.3 is 15.3 Å². The van der Waals surface area contributed by atoms with Gasteiger partial charge in [-0.2, -0.15) is 0 Å². The molecule has 0 bridgehead atoms. The number of hydrogen-bond acceptors (Lipinski definition) is 3. The molecule has 0 atom stereocenters. The number of rotatable bonds is 4. The second-order valence-electron chi connectivity index (χ2n) is 6.01. The molecule has 0 unspecified atom stereocenters. The number of benzene rings is 2. The van der Waals surface area contributed by atoms with Crippen molar-refractivity contribution >= 4 is 11.8 Å². The molecule has 0 saturated heterocycles. The van der Waals surface area contributed by atoms with E-state index in [1.165, 1.54) is 6.08 Å². The third-order valence-corrected chi connectivity index (χ3v) is 4.38. The number of nitrogens with one attached hydrogen (secondary N) is 1. The Morgan fingerprint density at radius 1 is 1.20 bits per heavy atom. The molecule has 1 aliphatic rings. The van der Waals surface area contributed by atoms with Crippen LogP contribution in [0.5, 0.6) is 5.75 Å². The molecule has 0 aliphatic carbocycles. The third-order valence-electron chi connectivity index (χ3n) is 4.38. The van der Waals surface area contributed by atoms with E-state index >= 15 is 0 Å². The molecular weight excluding hydrogens is 316 g/mol. The van der Waals surface area contributed by atoms with Crippen molar-refractivity contribution in [3.63, 3.8) is 0 Å². The van der Waals surface area contributed by atoms with Crippen molar-refractivity contribution in [2.75, 3.05) is 6.54 Å². The average Bonchev–Trinajstić information content (AvgIpc) is 2.66. The Morgan fingerprint density at radius 2 is 1.96 bits per heavy atom. The van der Waals surface area contributed by atoms with Gasteiger partial charge in [-0.1, -0.05) is 30.8 Å². The van der Waals surface area contributed by atoms with Crippen molar-refractivity contribution in [1.29, 1.82) is 0 Å². The van der Waals surface area contributed by atoms with Crippen LogP contribution in [0.2, 0.25) is 0 Å². The van der Waals surface area contributed by atoms with E-state index in [-0.39, 0.29) is 11.8 Å². The Balaban J connectivity index is 1.67. The normalized spacial score (nSPS) is 13.0. The molecule has 3 rings (SSSR count). The Kier molecular flexibility index (Phi) is 4.84. The summed E-state index contributed by atoms with van der Waals surface area (Å²) in [5, 5.41) is 12.6. The minimum absolute atomic E-state index is 0.0318. The first-order valence-corrected chi connectivity index (χ1v) is 8.16. The first-order valence-electron chi connectivity index (χ1n) is 8.16. The molecule has 2 amide bonds. The number of fused-ring (bicyclic) bond motifs is 1. The molecule has 5 heteroatoms. The van der Waals surface area contributed by atoms with E-state index in [4.69, 9.17) is 0 Å². The molecule has 0 spiro atoms. The minimum atomic E-state index is -0.226. The maximum atomic E-state index is 12.7. The molecule has 128 valence electrons. The van der Waals surface area contributed by atoms with E-state index in [1.54, 1.807) is 29.2 Å². The second kappa shape index (κ2) is 7.21. The molecule has 2 aromatic carbocycles. The number of carbonyl (C=O) groups is 2. The van der Waals surface area contributed by atoms with E-state index in [0.717, 1.165) is 16.7 Å². The summed E-state index contributed by atoms with van der Waals surface area (Å²) in [5.74, 6) is 0.0431. The Labute approximate surface area is 146 Å². The highest BCUT2D eigenvalue weighted by Gasteiger charge is 2.23. The first-order chi connectivity index (χ1) is 12.1. The van der Waals surface area contributed by atoms with Gasteiger partial charge in [0.25, 0.3) is 5.91 Å². The summed E-state index contributed by atoms with van der Waals surface area (Å²) in [6, 6.07) is 12.6. The summed E-state index contributed by atoms with van der Waals surface area (Å²) < 4.78 is 0. The first kappa shape index (κ1) is 16.8. The van der Waals surface area contributed by atoms with Gasteiger partial charge in [0, 0.05) is 30.8 Å². The van der Waals surface area contributed by atoms with Crippen molar-refractivity contribution < 1.29 is 14.7 Å². The molecule has 2 aromatic rings. The van der Waals surface area contributed by atoms with Gasteiger partial charge in [0.15, 0.2) is 0 Å². The van der Waals surface area contributed by atoms with Gasteiger partial charge in [-0.05, 0) is 41.8 Å². The fraction of sp³-hybridized carbons (Fsp3) is 0.200. The summed E-state index contributed by atoms with van der Waals surface area (Å²) in [7, 11) is 0. The molecule has 0 aromatic heterocycles. The fourth-order valence-electron chi connectivity index (χ4n) is 2.97. The van der Waals surface area contributed by atoms with Gasteiger partial charge in [-0.15, -0.1) is 0 Å². The Morgan fingerprint density at radius 3 is 2.68 bits per heavy atom. The summed E-state index contributed by atoms with van der Waals surface area (Å²) >= 11 is 0. The summed E-state index contributed by atoms with van der Waals surface area (Å²) in [5.41, 5.74) is 3.45. The molecule has 5 nitrogen and oxygen atoms in total. The Bertz CT molecular complexity index is 812. The van der Waals surface area contributed by atoms with Crippen LogP contribution in [0, 0.1) is 0 Å². The number of carbonyl (C=O) groups excluding carboxylic acids is 2. The van der Waals surface area contributed by atoms with Gasteiger partial charge in [-0.3, -0.25) is 9.59 Å². The van der Waals surface area contributed by atoms with Crippen LogP contribution in [0.4, 0.5) is 0 Å². The van der Waals surface area contributed by atoms with E-state index in [2.05, 4.69) is 11.9 Å². The van der Waals surface area contributed by atoms with Crippen molar-refractivity contribution in [3.05, 3.63) is 77.4 Å². The molecule has 1 heterocycles. The molecule has 1 aliphatic heterocycles. The maximum Gasteiger partial charge on any atom is 0.254 e. The van der Waals surface area contributed by atoms with Crippen LogP contribution in [0.1, 0.15) is 27.0 Å². The minimum Gasteiger partial charge on any atom is -0.508 e. The highest BCUT2D eigenvalue weighted by atomic mass is 16.3. The van der Waals surface area contributed by atoms with Crippen LogP contribution in [0.15, 0.2) is 55.1 Å². The van der Waals surface area contributed by atoms with Crippen molar-refractivity contribution in [1.82, 2.24) is 10.2 Å². The lowest BCUT2D eigenvalue weighted by Crippen LogP contribution is -2.36. The van der Waals surface area contributed by atoms with Crippen LogP contribution in [-0.4, -0.2) is 28.4 Å². The Hall–Kier alpha value is -3.08. The predicted octanol–water partition coefficient (Wildman–Crippen LogP) is 2.39. The van der Waals surface area contributed by atoms with Gasteiger partial charge in [-0.25, -0.2) is 0 Å². The smallest absolute Gasteiger partial charge is 0.254 e.